The number of fused-ring (bicyclic) bond motifs is 1. The molecule has 7 heteroatoms. The van der Waals surface area contributed by atoms with Gasteiger partial charge in [-0.25, -0.2) is 4.98 Å². The van der Waals surface area contributed by atoms with Crippen molar-refractivity contribution in [3.05, 3.63) is 18.5 Å². The van der Waals surface area contributed by atoms with Crippen LogP contribution in [-0.2, 0) is 14.1 Å². The van der Waals surface area contributed by atoms with Gasteiger partial charge in [0.2, 0.25) is 5.91 Å². The Morgan fingerprint density at radius 3 is 2.48 bits per heavy atom. The topological polar surface area (TPSA) is 65.4 Å². The Hall–Kier alpha value is -1.86. The summed E-state index contributed by atoms with van der Waals surface area (Å²) in [4.78, 5) is 15.8. The van der Waals surface area contributed by atoms with Gasteiger partial charge in [-0.1, -0.05) is 0 Å². The van der Waals surface area contributed by atoms with Crippen LogP contribution in [0.15, 0.2) is 18.5 Å². The summed E-state index contributed by atoms with van der Waals surface area (Å²) in [5.41, 5.74) is 1.27. The monoisotopic (exact) mass is 341 g/mol. The van der Waals surface area contributed by atoms with E-state index in [4.69, 9.17) is 9.31 Å². The minimum absolute atomic E-state index is 0.134. The molecule has 0 spiro atoms. The number of rotatable bonds is 3. The van der Waals surface area contributed by atoms with Crippen molar-refractivity contribution in [3.8, 4) is 0 Å². The van der Waals surface area contributed by atoms with E-state index in [0.717, 1.165) is 16.4 Å². The number of nitrogens with one attached hydrogen (secondary N) is 1. The van der Waals surface area contributed by atoms with Crippen LogP contribution in [-0.4, -0.2) is 33.8 Å². The maximum atomic E-state index is 11.4. The van der Waals surface area contributed by atoms with Crippen molar-refractivity contribution in [1.29, 1.82) is 0 Å². The van der Waals surface area contributed by atoms with E-state index in [2.05, 4.69) is 48.8 Å². The summed E-state index contributed by atoms with van der Waals surface area (Å²) in [6.07, 6.45) is 6.32. The van der Waals surface area contributed by atoms with Crippen molar-refractivity contribution in [2.45, 2.75) is 64.7 Å². The second kappa shape index (κ2) is 5.32. The number of aromatic nitrogens is 2. The molecular weight excluding hydrogens is 317 g/mol. The Balaban J connectivity index is 1.81. The van der Waals surface area contributed by atoms with Crippen molar-refractivity contribution in [2.75, 3.05) is 5.32 Å². The van der Waals surface area contributed by atoms with Gasteiger partial charge in [0.05, 0.1) is 22.9 Å². The Kier molecular flexibility index (Phi) is 3.53. The highest BCUT2D eigenvalue weighted by Crippen LogP contribution is 2.40. The highest BCUT2D eigenvalue weighted by molar-refractivity contribution is 6.65. The first-order valence-corrected chi connectivity index (χ1v) is 8.82. The van der Waals surface area contributed by atoms with Gasteiger partial charge in [-0.3, -0.25) is 4.79 Å². The minimum Gasteiger partial charge on any atom is -0.399 e. The lowest BCUT2D eigenvalue weighted by atomic mass is 9.79. The van der Waals surface area contributed by atoms with Crippen molar-refractivity contribution < 1.29 is 14.1 Å². The van der Waals surface area contributed by atoms with Crippen LogP contribution in [0.4, 0.5) is 5.82 Å². The number of hydrogen-bond acceptors (Lipinski definition) is 4. The third kappa shape index (κ3) is 2.75. The number of amides is 1. The normalized spacial score (nSPS) is 21.7. The summed E-state index contributed by atoms with van der Waals surface area (Å²) in [5, 5.41) is 3.78. The second-order valence-electron chi connectivity index (χ2n) is 8.08. The highest BCUT2D eigenvalue weighted by Gasteiger charge is 2.52. The lowest BCUT2D eigenvalue weighted by Crippen LogP contribution is -2.41. The van der Waals surface area contributed by atoms with Gasteiger partial charge in [-0.2, -0.15) is 0 Å². The molecule has 0 radical (unpaired) electrons. The molecule has 2 aliphatic rings. The molecule has 4 rings (SSSR count). The molecule has 0 bridgehead atoms. The Morgan fingerprint density at radius 2 is 1.92 bits per heavy atom. The van der Waals surface area contributed by atoms with Crippen molar-refractivity contribution in [1.82, 2.24) is 9.55 Å². The van der Waals surface area contributed by atoms with Crippen LogP contribution >= 0.6 is 0 Å². The van der Waals surface area contributed by atoms with Gasteiger partial charge in [0.15, 0.2) is 0 Å². The average molecular weight is 341 g/mol. The standard InChI is InChI=1S/C18H24BN3O3/c1-11(23)21-16-8-13-14(19-24-17(2,3)18(4,5)25-19)10-22(12-6-7-12)15(13)9-20-16/h8-10,12H,6-7H2,1-5H3,(H,20,21,23). The van der Waals surface area contributed by atoms with Crippen molar-refractivity contribution in [2.24, 2.45) is 0 Å². The zero-order valence-electron chi connectivity index (χ0n) is 15.4. The van der Waals surface area contributed by atoms with E-state index in [0.29, 0.717) is 11.9 Å². The number of carbonyl (C=O) groups excluding carboxylic acids is 1. The third-order valence-electron chi connectivity index (χ3n) is 5.50. The van der Waals surface area contributed by atoms with Crippen LogP contribution < -0.4 is 10.8 Å². The average Bonchev–Trinajstić information content (AvgIpc) is 3.22. The summed E-state index contributed by atoms with van der Waals surface area (Å²) < 4.78 is 14.8. The first-order valence-electron chi connectivity index (χ1n) is 8.82. The minimum atomic E-state index is -0.430. The summed E-state index contributed by atoms with van der Waals surface area (Å²) in [6.45, 7) is 9.69. The molecule has 6 nitrogen and oxygen atoms in total. The summed E-state index contributed by atoms with van der Waals surface area (Å²) >= 11 is 0. The molecule has 25 heavy (non-hydrogen) atoms. The van der Waals surface area contributed by atoms with E-state index < -0.39 is 7.12 Å². The van der Waals surface area contributed by atoms with Gasteiger partial charge in [-0.15, -0.1) is 0 Å². The Bertz CT molecular complexity index is 839. The molecule has 1 N–H and O–H groups in total. The molecule has 1 aliphatic heterocycles. The van der Waals surface area contributed by atoms with Crippen LogP contribution in [0.3, 0.4) is 0 Å². The second-order valence-corrected chi connectivity index (χ2v) is 8.08. The predicted octanol–water partition coefficient (Wildman–Crippen LogP) is 2.63. The fourth-order valence-corrected chi connectivity index (χ4v) is 3.24. The fourth-order valence-electron chi connectivity index (χ4n) is 3.24. The van der Waals surface area contributed by atoms with Gasteiger partial charge in [0, 0.05) is 30.0 Å². The largest absolute Gasteiger partial charge is 0.497 e. The molecule has 1 aliphatic carbocycles. The van der Waals surface area contributed by atoms with E-state index in [1.54, 1.807) is 0 Å². The van der Waals surface area contributed by atoms with E-state index in [1.807, 2.05) is 12.3 Å². The predicted molar refractivity (Wildman–Crippen MR) is 98.0 cm³/mol. The molecule has 1 saturated heterocycles. The third-order valence-corrected chi connectivity index (χ3v) is 5.50. The van der Waals surface area contributed by atoms with E-state index >= 15 is 0 Å². The molecule has 2 fully saturated rings. The lowest BCUT2D eigenvalue weighted by Gasteiger charge is -2.32. The first-order chi connectivity index (χ1) is 11.7. The van der Waals surface area contributed by atoms with Gasteiger partial charge in [0.25, 0.3) is 0 Å². The number of pyridine rings is 1. The zero-order valence-corrected chi connectivity index (χ0v) is 15.4. The SMILES string of the molecule is CC(=O)Nc1cc2c(B3OC(C)(C)C(C)(C)O3)cn(C3CC3)c2cn1. The van der Waals surface area contributed by atoms with Crippen LogP contribution in [0.25, 0.3) is 10.9 Å². The molecule has 0 unspecified atom stereocenters. The number of carbonyl (C=O) groups is 1. The fraction of sp³-hybridized carbons (Fsp3) is 0.556. The quantitative estimate of drug-likeness (QED) is 0.872. The van der Waals surface area contributed by atoms with Crippen LogP contribution in [0.1, 0.15) is 53.5 Å². The Labute approximate surface area is 148 Å². The molecule has 3 heterocycles. The Morgan fingerprint density at radius 1 is 1.28 bits per heavy atom. The first kappa shape index (κ1) is 16.6. The van der Waals surface area contributed by atoms with Crippen LogP contribution in [0, 0.1) is 0 Å². The smallest absolute Gasteiger partial charge is 0.399 e. The summed E-state index contributed by atoms with van der Waals surface area (Å²) in [5.74, 6) is 0.414. The van der Waals surface area contributed by atoms with E-state index in [1.165, 1.54) is 19.8 Å². The van der Waals surface area contributed by atoms with Gasteiger partial charge < -0.3 is 19.2 Å². The molecule has 1 amide bonds. The molecular formula is C18H24BN3O3. The summed E-state index contributed by atoms with van der Waals surface area (Å²) in [6, 6.07) is 2.43. The maximum absolute atomic E-state index is 11.4. The highest BCUT2D eigenvalue weighted by atomic mass is 16.7. The molecule has 0 atom stereocenters. The molecule has 2 aromatic rings. The number of nitrogens with zero attached hydrogens (tertiary/aromatic N) is 2. The molecule has 0 aromatic carbocycles. The zero-order chi connectivity index (χ0) is 18.0. The van der Waals surface area contributed by atoms with Crippen LogP contribution in [0.2, 0.25) is 0 Å². The van der Waals surface area contributed by atoms with E-state index in [9.17, 15) is 4.79 Å². The van der Waals surface area contributed by atoms with Gasteiger partial charge in [-0.05, 0) is 46.6 Å². The van der Waals surface area contributed by atoms with Gasteiger partial charge in [0.1, 0.15) is 5.82 Å². The summed E-state index contributed by atoms with van der Waals surface area (Å²) in [7, 11) is -0.430. The van der Waals surface area contributed by atoms with Crippen LogP contribution in [0.5, 0.6) is 0 Å². The molecule has 1 saturated carbocycles. The van der Waals surface area contributed by atoms with Crippen molar-refractivity contribution >= 4 is 35.2 Å². The molecule has 2 aromatic heterocycles. The van der Waals surface area contributed by atoms with E-state index in [-0.39, 0.29) is 17.1 Å². The number of hydrogen-bond donors (Lipinski definition) is 1. The lowest BCUT2D eigenvalue weighted by molar-refractivity contribution is -0.114. The van der Waals surface area contributed by atoms with Gasteiger partial charge >= 0.3 is 7.12 Å². The number of anilines is 1. The maximum Gasteiger partial charge on any atom is 0.497 e. The van der Waals surface area contributed by atoms with Crippen molar-refractivity contribution in [3.63, 3.8) is 0 Å². The molecule has 132 valence electrons.